The molecule has 0 radical (unpaired) electrons. The van der Waals surface area contributed by atoms with E-state index < -0.39 is 0 Å². The minimum atomic E-state index is -0.0401. The van der Waals surface area contributed by atoms with Crippen LogP contribution in [-0.4, -0.2) is 70.3 Å². The minimum absolute atomic E-state index is 0.0401. The lowest BCUT2D eigenvalue weighted by molar-refractivity contribution is -0.129. The van der Waals surface area contributed by atoms with Crippen LogP contribution in [0.25, 0.3) is 0 Å². The predicted octanol–water partition coefficient (Wildman–Crippen LogP) is 2.77. The Morgan fingerprint density at radius 2 is 1.81 bits per heavy atom. The van der Waals surface area contributed by atoms with E-state index in [4.69, 9.17) is 4.98 Å². The van der Waals surface area contributed by atoms with Gasteiger partial charge in [0.15, 0.2) is 0 Å². The van der Waals surface area contributed by atoms with Gasteiger partial charge in [-0.25, -0.2) is 4.98 Å². The van der Waals surface area contributed by atoms with Crippen molar-refractivity contribution in [3.8, 4) is 0 Å². The Kier molecular flexibility index (Phi) is 6.82. The molecule has 2 aromatic rings. The lowest BCUT2D eigenvalue weighted by Gasteiger charge is -2.34. The summed E-state index contributed by atoms with van der Waals surface area (Å²) in [6.45, 7) is 9.45. The average molecular weight is 548 g/mol. The van der Waals surface area contributed by atoms with Crippen molar-refractivity contribution < 1.29 is 9.59 Å². The van der Waals surface area contributed by atoms with Crippen LogP contribution in [0.1, 0.15) is 42.4 Å². The normalized spacial score (nSPS) is 16.0. The van der Waals surface area contributed by atoms with E-state index >= 15 is 0 Å². The number of hydrogen-bond donors (Lipinski definition) is 1. The number of fused-ring (bicyclic) bond motifs is 1. The van der Waals surface area contributed by atoms with E-state index in [0.29, 0.717) is 44.4 Å². The number of anilines is 2. The molecule has 32 heavy (non-hydrogen) atoms. The first-order valence-corrected chi connectivity index (χ1v) is 12.1. The highest BCUT2D eigenvalue weighted by atomic mass is 127. The molecule has 2 amide bonds. The highest BCUT2D eigenvalue weighted by Gasteiger charge is 2.35. The summed E-state index contributed by atoms with van der Waals surface area (Å²) in [4.78, 5) is 39.9. The SMILES string of the molecule is CC(=O)N1CCN(c2nc(NCCc3ccc(I)cc3)c3c(n2)C(=O)N(C(C)C)C3)CC1. The zero-order chi connectivity index (χ0) is 22.8. The van der Waals surface area contributed by atoms with E-state index in [1.165, 1.54) is 9.13 Å². The van der Waals surface area contributed by atoms with E-state index in [1.54, 1.807) is 6.92 Å². The Morgan fingerprint density at radius 3 is 2.44 bits per heavy atom. The van der Waals surface area contributed by atoms with Gasteiger partial charge >= 0.3 is 0 Å². The molecule has 4 rings (SSSR count). The number of hydrogen-bond acceptors (Lipinski definition) is 6. The van der Waals surface area contributed by atoms with Crippen molar-refractivity contribution in [3.63, 3.8) is 0 Å². The molecular weight excluding hydrogens is 519 g/mol. The number of piperazine rings is 1. The van der Waals surface area contributed by atoms with Gasteiger partial charge in [-0.05, 0) is 60.6 Å². The summed E-state index contributed by atoms with van der Waals surface area (Å²) in [5, 5.41) is 3.47. The fourth-order valence-corrected chi connectivity index (χ4v) is 4.44. The van der Waals surface area contributed by atoms with Gasteiger partial charge in [-0.2, -0.15) is 4.98 Å². The van der Waals surface area contributed by atoms with Crippen molar-refractivity contribution in [3.05, 3.63) is 44.7 Å². The number of carbonyl (C=O) groups excluding carboxylic acids is 2. The standard InChI is InChI=1S/C23H29IN6O2/c1-15(2)30-14-19-20(22(30)32)26-23(29-12-10-28(11-13-29)16(3)31)27-21(19)25-9-8-17-4-6-18(24)7-5-17/h4-7,15H,8-14H2,1-3H3,(H,25,26,27). The van der Waals surface area contributed by atoms with Crippen molar-refractivity contribution >= 4 is 46.2 Å². The highest BCUT2D eigenvalue weighted by molar-refractivity contribution is 14.1. The lowest BCUT2D eigenvalue weighted by Crippen LogP contribution is -2.48. The quantitative estimate of drug-likeness (QED) is 0.560. The van der Waals surface area contributed by atoms with Gasteiger partial charge in [0, 0.05) is 54.8 Å². The molecule has 3 heterocycles. The summed E-state index contributed by atoms with van der Waals surface area (Å²) >= 11 is 2.31. The number of halogens is 1. The molecule has 1 saturated heterocycles. The predicted molar refractivity (Wildman–Crippen MR) is 133 cm³/mol. The Balaban J connectivity index is 1.55. The maximum absolute atomic E-state index is 13.0. The van der Waals surface area contributed by atoms with Crippen LogP contribution in [0.15, 0.2) is 24.3 Å². The van der Waals surface area contributed by atoms with E-state index in [9.17, 15) is 9.59 Å². The third-order valence-electron chi connectivity index (χ3n) is 6.04. The van der Waals surface area contributed by atoms with E-state index in [1.807, 2.05) is 23.6 Å². The van der Waals surface area contributed by atoms with Crippen molar-refractivity contribution in [2.24, 2.45) is 0 Å². The molecule has 0 spiro atoms. The Bertz CT molecular complexity index is 1000. The first-order chi connectivity index (χ1) is 15.3. The second kappa shape index (κ2) is 9.60. The molecule has 0 atom stereocenters. The number of aromatic nitrogens is 2. The molecule has 170 valence electrons. The van der Waals surface area contributed by atoms with Crippen LogP contribution >= 0.6 is 22.6 Å². The van der Waals surface area contributed by atoms with E-state index in [0.717, 1.165) is 24.3 Å². The number of carbonyl (C=O) groups is 2. The van der Waals surface area contributed by atoms with Gasteiger partial charge in [0.25, 0.3) is 5.91 Å². The zero-order valence-corrected chi connectivity index (χ0v) is 20.9. The number of nitrogens with one attached hydrogen (secondary N) is 1. The van der Waals surface area contributed by atoms with Crippen LogP contribution in [-0.2, 0) is 17.8 Å². The maximum atomic E-state index is 13.0. The zero-order valence-electron chi connectivity index (χ0n) is 18.8. The Hall–Kier alpha value is -2.43. The molecule has 2 aliphatic heterocycles. The maximum Gasteiger partial charge on any atom is 0.273 e. The monoisotopic (exact) mass is 548 g/mol. The fraction of sp³-hybridized carbons (Fsp3) is 0.478. The third kappa shape index (κ3) is 4.82. The average Bonchev–Trinajstić information content (AvgIpc) is 3.12. The summed E-state index contributed by atoms with van der Waals surface area (Å²) in [6.07, 6.45) is 0.865. The molecule has 1 fully saturated rings. The molecule has 8 nitrogen and oxygen atoms in total. The second-order valence-corrected chi connectivity index (χ2v) is 9.77. The summed E-state index contributed by atoms with van der Waals surface area (Å²) in [6, 6.07) is 8.58. The fourth-order valence-electron chi connectivity index (χ4n) is 4.08. The number of rotatable bonds is 6. The summed E-state index contributed by atoms with van der Waals surface area (Å²) in [5.41, 5.74) is 2.62. The van der Waals surface area contributed by atoms with Crippen LogP contribution in [0.4, 0.5) is 11.8 Å². The van der Waals surface area contributed by atoms with E-state index in [-0.39, 0.29) is 17.9 Å². The molecule has 0 unspecified atom stereocenters. The number of amides is 2. The Morgan fingerprint density at radius 1 is 1.12 bits per heavy atom. The van der Waals surface area contributed by atoms with E-state index in [2.05, 4.69) is 62.1 Å². The highest BCUT2D eigenvalue weighted by Crippen LogP contribution is 2.30. The van der Waals surface area contributed by atoms with Gasteiger partial charge in [-0.15, -0.1) is 0 Å². The smallest absolute Gasteiger partial charge is 0.273 e. The van der Waals surface area contributed by atoms with Crippen LogP contribution in [0.5, 0.6) is 0 Å². The molecule has 2 aliphatic rings. The molecule has 1 aromatic heterocycles. The van der Waals surface area contributed by atoms with Gasteiger partial charge in [-0.1, -0.05) is 12.1 Å². The molecule has 1 aromatic carbocycles. The second-order valence-electron chi connectivity index (χ2n) is 8.52. The Labute approximate surface area is 202 Å². The number of benzene rings is 1. The first kappa shape index (κ1) is 22.8. The van der Waals surface area contributed by atoms with Crippen LogP contribution < -0.4 is 10.2 Å². The topological polar surface area (TPSA) is 81.7 Å². The number of nitrogens with zero attached hydrogens (tertiary/aromatic N) is 5. The van der Waals surface area contributed by atoms with Crippen LogP contribution in [0.2, 0.25) is 0 Å². The molecule has 0 bridgehead atoms. The van der Waals surface area contributed by atoms with Gasteiger partial charge in [0.05, 0.1) is 6.54 Å². The molecule has 1 N–H and O–H groups in total. The summed E-state index contributed by atoms with van der Waals surface area (Å²) in [7, 11) is 0. The van der Waals surface area contributed by atoms with Gasteiger partial charge in [0.1, 0.15) is 11.5 Å². The molecular formula is C23H29IN6O2. The molecule has 0 saturated carbocycles. The lowest BCUT2D eigenvalue weighted by atomic mass is 10.1. The van der Waals surface area contributed by atoms with Gasteiger partial charge in [0.2, 0.25) is 11.9 Å². The molecule has 0 aliphatic carbocycles. The van der Waals surface area contributed by atoms with Crippen molar-refractivity contribution in [1.29, 1.82) is 0 Å². The van der Waals surface area contributed by atoms with Crippen molar-refractivity contribution in [2.75, 3.05) is 42.9 Å². The van der Waals surface area contributed by atoms with Crippen LogP contribution in [0, 0.1) is 3.57 Å². The van der Waals surface area contributed by atoms with Crippen LogP contribution in [0.3, 0.4) is 0 Å². The first-order valence-electron chi connectivity index (χ1n) is 11.0. The van der Waals surface area contributed by atoms with Crippen molar-refractivity contribution in [1.82, 2.24) is 19.8 Å². The largest absolute Gasteiger partial charge is 0.369 e. The van der Waals surface area contributed by atoms with Gasteiger partial charge in [-0.3, -0.25) is 9.59 Å². The summed E-state index contributed by atoms with van der Waals surface area (Å²) < 4.78 is 1.22. The summed E-state index contributed by atoms with van der Waals surface area (Å²) in [5.74, 6) is 1.34. The molecule has 9 heteroatoms. The third-order valence-corrected chi connectivity index (χ3v) is 6.76. The van der Waals surface area contributed by atoms with Crippen molar-refractivity contribution in [2.45, 2.75) is 39.8 Å². The minimum Gasteiger partial charge on any atom is -0.369 e. The van der Waals surface area contributed by atoms with Gasteiger partial charge < -0.3 is 20.0 Å².